The normalized spacial score (nSPS) is 16.1. The summed E-state index contributed by atoms with van der Waals surface area (Å²) in [6.07, 6.45) is 0.792. The van der Waals surface area contributed by atoms with Crippen LogP contribution >= 0.6 is 0 Å². The van der Waals surface area contributed by atoms with Crippen LogP contribution in [0.3, 0.4) is 0 Å². The molecular weight excluding hydrogens is 204 g/mol. The number of benzene rings is 1. The maximum absolute atomic E-state index is 11.9. The molecule has 1 saturated heterocycles. The van der Waals surface area contributed by atoms with Crippen molar-refractivity contribution in [3.05, 3.63) is 30.3 Å². The molecule has 4 heteroatoms. The van der Waals surface area contributed by atoms with Gasteiger partial charge in [-0.05, 0) is 18.6 Å². The molecule has 84 valence electrons. The number of amides is 3. The Bertz CT molecular complexity index is 403. The lowest BCUT2D eigenvalue weighted by molar-refractivity contribution is -0.124. The molecule has 0 N–H and O–H groups in total. The third kappa shape index (κ3) is 1.78. The van der Waals surface area contributed by atoms with Crippen LogP contribution in [0.15, 0.2) is 30.3 Å². The lowest BCUT2D eigenvalue weighted by atomic mass is 10.3. The summed E-state index contributed by atoms with van der Waals surface area (Å²) in [5.41, 5.74) is 0.777. The van der Waals surface area contributed by atoms with Crippen molar-refractivity contribution in [1.29, 1.82) is 0 Å². The van der Waals surface area contributed by atoms with Crippen molar-refractivity contribution in [2.75, 3.05) is 18.0 Å². The summed E-state index contributed by atoms with van der Waals surface area (Å²) in [4.78, 5) is 26.4. The van der Waals surface area contributed by atoms with E-state index in [-0.39, 0.29) is 18.5 Å². The van der Waals surface area contributed by atoms with Crippen molar-refractivity contribution in [3.63, 3.8) is 0 Å². The van der Waals surface area contributed by atoms with E-state index in [4.69, 9.17) is 0 Å². The van der Waals surface area contributed by atoms with Gasteiger partial charge in [-0.1, -0.05) is 25.1 Å². The monoisotopic (exact) mass is 218 g/mol. The van der Waals surface area contributed by atoms with Crippen LogP contribution in [-0.2, 0) is 4.79 Å². The van der Waals surface area contributed by atoms with Gasteiger partial charge in [0.2, 0.25) is 0 Å². The minimum absolute atomic E-state index is 0.115. The minimum atomic E-state index is -0.210. The summed E-state index contributed by atoms with van der Waals surface area (Å²) in [5, 5.41) is 0. The molecule has 1 heterocycles. The number of carbonyl (C=O) groups is 2. The molecule has 1 aromatic rings. The molecule has 0 bridgehead atoms. The molecule has 0 unspecified atom stereocenters. The number of para-hydroxylation sites is 1. The first-order valence-electron chi connectivity index (χ1n) is 5.41. The lowest BCUT2D eigenvalue weighted by Gasteiger charge is -2.16. The Morgan fingerprint density at radius 2 is 1.88 bits per heavy atom. The van der Waals surface area contributed by atoms with E-state index in [0.717, 1.165) is 12.1 Å². The summed E-state index contributed by atoms with van der Waals surface area (Å²) in [7, 11) is 0. The number of carbonyl (C=O) groups excluding carboxylic acids is 2. The van der Waals surface area contributed by atoms with Crippen molar-refractivity contribution in [2.24, 2.45) is 0 Å². The molecule has 1 aliphatic heterocycles. The molecule has 0 aliphatic carbocycles. The van der Waals surface area contributed by atoms with Gasteiger partial charge in [0.15, 0.2) is 0 Å². The van der Waals surface area contributed by atoms with Gasteiger partial charge in [-0.2, -0.15) is 0 Å². The van der Waals surface area contributed by atoms with E-state index in [0.29, 0.717) is 6.54 Å². The molecule has 0 saturated carbocycles. The van der Waals surface area contributed by atoms with Crippen LogP contribution in [0.5, 0.6) is 0 Å². The third-order valence-corrected chi connectivity index (χ3v) is 2.57. The molecule has 2 rings (SSSR count). The highest BCUT2D eigenvalue weighted by atomic mass is 16.2. The maximum atomic E-state index is 11.9. The van der Waals surface area contributed by atoms with Gasteiger partial charge in [0.05, 0.1) is 0 Å². The topological polar surface area (TPSA) is 40.6 Å². The van der Waals surface area contributed by atoms with Gasteiger partial charge in [0, 0.05) is 12.2 Å². The second-order valence-corrected chi connectivity index (χ2v) is 3.75. The lowest BCUT2D eigenvalue weighted by Crippen LogP contribution is -2.33. The minimum Gasteiger partial charge on any atom is -0.285 e. The second-order valence-electron chi connectivity index (χ2n) is 3.75. The van der Waals surface area contributed by atoms with Crippen LogP contribution in [-0.4, -0.2) is 29.9 Å². The molecule has 0 aromatic heterocycles. The second kappa shape index (κ2) is 4.35. The molecule has 0 atom stereocenters. The maximum Gasteiger partial charge on any atom is 0.331 e. The Balaban J connectivity index is 2.21. The molecule has 16 heavy (non-hydrogen) atoms. The van der Waals surface area contributed by atoms with Gasteiger partial charge in [-0.15, -0.1) is 0 Å². The molecule has 3 amide bonds. The zero-order valence-electron chi connectivity index (χ0n) is 9.22. The fourth-order valence-electron chi connectivity index (χ4n) is 1.79. The van der Waals surface area contributed by atoms with Crippen molar-refractivity contribution < 1.29 is 9.59 Å². The van der Waals surface area contributed by atoms with Crippen LogP contribution < -0.4 is 4.90 Å². The number of rotatable bonds is 3. The smallest absolute Gasteiger partial charge is 0.285 e. The molecule has 0 radical (unpaired) electrons. The summed E-state index contributed by atoms with van der Waals surface area (Å²) in [5.74, 6) is -0.115. The number of hydrogen-bond acceptors (Lipinski definition) is 2. The fourth-order valence-corrected chi connectivity index (χ4v) is 1.79. The van der Waals surface area contributed by atoms with E-state index in [9.17, 15) is 9.59 Å². The summed E-state index contributed by atoms with van der Waals surface area (Å²) >= 11 is 0. The van der Waals surface area contributed by atoms with Crippen LogP contribution in [0.1, 0.15) is 13.3 Å². The highest BCUT2D eigenvalue weighted by Gasteiger charge is 2.35. The fraction of sp³-hybridized carbons (Fsp3) is 0.333. The molecular formula is C12H14N2O2. The van der Waals surface area contributed by atoms with Crippen molar-refractivity contribution in [2.45, 2.75) is 13.3 Å². The Labute approximate surface area is 94.5 Å². The van der Waals surface area contributed by atoms with Gasteiger partial charge < -0.3 is 0 Å². The number of urea groups is 1. The first kappa shape index (κ1) is 10.7. The summed E-state index contributed by atoms with van der Waals surface area (Å²) in [6.45, 7) is 2.61. The van der Waals surface area contributed by atoms with Crippen LogP contribution in [0.4, 0.5) is 10.5 Å². The standard InChI is InChI=1S/C12H14N2O2/c1-2-8-13-11(15)9-14(12(13)16)10-6-4-3-5-7-10/h3-7H,2,8-9H2,1H3. The largest absolute Gasteiger partial charge is 0.331 e. The first-order valence-corrected chi connectivity index (χ1v) is 5.41. The molecule has 0 spiro atoms. The zero-order chi connectivity index (χ0) is 11.5. The van der Waals surface area contributed by atoms with Gasteiger partial charge in [-0.3, -0.25) is 14.6 Å². The predicted molar refractivity (Wildman–Crippen MR) is 61.2 cm³/mol. The van der Waals surface area contributed by atoms with E-state index in [2.05, 4.69) is 0 Å². The van der Waals surface area contributed by atoms with E-state index >= 15 is 0 Å². The van der Waals surface area contributed by atoms with Gasteiger partial charge >= 0.3 is 6.03 Å². The molecule has 1 aliphatic rings. The highest BCUT2D eigenvalue weighted by Crippen LogP contribution is 2.20. The van der Waals surface area contributed by atoms with E-state index in [1.807, 2.05) is 37.3 Å². The number of nitrogens with zero attached hydrogens (tertiary/aromatic N) is 2. The predicted octanol–water partition coefficient (Wildman–Crippen LogP) is 1.87. The number of imide groups is 1. The van der Waals surface area contributed by atoms with Gasteiger partial charge in [0.25, 0.3) is 5.91 Å². The Kier molecular flexibility index (Phi) is 2.90. The Morgan fingerprint density at radius 1 is 1.19 bits per heavy atom. The molecule has 4 nitrogen and oxygen atoms in total. The highest BCUT2D eigenvalue weighted by molar-refractivity contribution is 6.12. The van der Waals surface area contributed by atoms with Gasteiger partial charge in [-0.25, -0.2) is 4.79 Å². The average molecular weight is 218 g/mol. The number of hydrogen-bond donors (Lipinski definition) is 0. The van der Waals surface area contributed by atoms with E-state index < -0.39 is 0 Å². The summed E-state index contributed by atoms with van der Waals surface area (Å²) in [6, 6.07) is 9.06. The SMILES string of the molecule is CCCN1C(=O)CN(c2ccccc2)C1=O. The van der Waals surface area contributed by atoms with Gasteiger partial charge in [0.1, 0.15) is 6.54 Å². The van der Waals surface area contributed by atoms with E-state index in [1.165, 1.54) is 9.80 Å². The average Bonchev–Trinajstić information content (AvgIpc) is 2.59. The molecule has 1 aromatic carbocycles. The van der Waals surface area contributed by atoms with Crippen molar-refractivity contribution in [1.82, 2.24) is 4.90 Å². The first-order chi connectivity index (χ1) is 7.74. The zero-order valence-corrected chi connectivity index (χ0v) is 9.22. The van der Waals surface area contributed by atoms with Crippen LogP contribution in [0.2, 0.25) is 0 Å². The summed E-state index contributed by atoms with van der Waals surface area (Å²) < 4.78 is 0. The van der Waals surface area contributed by atoms with Crippen LogP contribution in [0.25, 0.3) is 0 Å². The third-order valence-electron chi connectivity index (χ3n) is 2.57. The van der Waals surface area contributed by atoms with Crippen molar-refractivity contribution in [3.8, 4) is 0 Å². The Morgan fingerprint density at radius 3 is 2.50 bits per heavy atom. The van der Waals surface area contributed by atoms with Crippen molar-refractivity contribution >= 4 is 17.6 Å². The quantitative estimate of drug-likeness (QED) is 0.726. The molecule has 1 fully saturated rings. The number of anilines is 1. The Hall–Kier alpha value is -1.84. The van der Waals surface area contributed by atoms with Crippen LogP contribution in [0, 0.1) is 0 Å². The van der Waals surface area contributed by atoms with E-state index in [1.54, 1.807) is 0 Å².